The van der Waals surface area contributed by atoms with Gasteiger partial charge in [-0.05, 0) is 22.4 Å². The summed E-state index contributed by atoms with van der Waals surface area (Å²) in [5, 5.41) is 4.69. The molecule has 5 nitrogen and oxygen atoms in total. The molecule has 0 amide bonds. The lowest BCUT2D eigenvalue weighted by atomic mass is 10.2. The van der Waals surface area contributed by atoms with Crippen LogP contribution in [0.4, 0.5) is 0 Å². The second-order valence-corrected chi connectivity index (χ2v) is 6.38. The van der Waals surface area contributed by atoms with E-state index in [9.17, 15) is 4.79 Å². The molecule has 2 rings (SSSR count). The van der Waals surface area contributed by atoms with Crippen molar-refractivity contribution < 1.29 is 0 Å². The standard InChI is InChI=1S/C14H18BrClN4O/c1-5-9-13(15)10(19(4)18-9)7-20-12(21)6-11(16)17-14(20)8(2)3/h6,8H,5,7H2,1-4H3. The van der Waals surface area contributed by atoms with E-state index >= 15 is 0 Å². The van der Waals surface area contributed by atoms with E-state index in [1.807, 2.05) is 27.8 Å². The molecule has 2 aromatic heterocycles. The Morgan fingerprint density at radius 1 is 1.43 bits per heavy atom. The van der Waals surface area contributed by atoms with Gasteiger partial charge < -0.3 is 0 Å². The molecule has 0 aliphatic heterocycles. The summed E-state index contributed by atoms with van der Waals surface area (Å²) in [5.41, 5.74) is 1.78. The fraction of sp³-hybridized carbons (Fsp3) is 0.500. The van der Waals surface area contributed by atoms with Gasteiger partial charge in [0.15, 0.2) is 0 Å². The molecule has 0 unspecified atom stereocenters. The first-order chi connectivity index (χ1) is 9.85. The van der Waals surface area contributed by atoms with Crippen molar-refractivity contribution >= 4 is 27.5 Å². The van der Waals surface area contributed by atoms with Gasteiger partial charge in [0, 0.05) is 19.0 Å². The van der Waals surface area contributed by atoms with E-state index in [1.165, 1.54) is 6.07 Å². The zero-order chi connectivity index (χ0) is 15.7. The average molecular weight is 374 g/mol. The number of hydrogen-bond donors (Lipinski definition) is 0. The lowest BCUT2D eigenvalue weighted by molar-refractivity contribution is 0.589. The van der Waals surface area contributed by atoms with Crippen LogP contribution < -0.4 is 5.56 Å². The maximum atomic E-state index is 12.3. The van der Waals surface area contributed by atoms with E-state index in [4.69, 9.17) is 11.6 Å². The summed E-state index contributed by atoms with van der Waals surface area (Å²) in [4.78, 5) is 16.6. The van der Waals surface area contributed by atoms with Crippen molar-refractivity contribution in [1.82, 2.24) is 19.3 Å². The second-order valence-electron chi connectivity index (χ2n) is 5.20. The molecule has 0 bridgehead atoms. The third-order valence-corrected chi connectivity index (χ3v) is 4.44. The van der Waals surface area contributed by atoms with Gasteiger partial charge in [0.2, 0.25) is 0 Å². The molecule has 114 valence electrons. The molecular formula is C14H18BrClN4O. The predicted molar refractivity (Wildman–Crippen MR) is 87.0 cm³/mol. The molecule has 0 fully saturated rings. The fourth-order valence-electron chi connectivity index (χ4n) is 2.24. The molecule has 0 aromatic carbocycles. The maximum absolute atomic E-state index is 12.3. The zero-order valence-corrected chi connectivity index (χ0v) is 14.9. The summed E-state index contributed by atoms with van der Waals surface area (Å²) in [6.07, 6.45) is 0.833. The van der Waals surface area contributed by atoms with Crippen molar-refractivity contribution in [3.8, 4) is 0 Å². The molecule has 21 heavy (non-hydrogen) atoms. The third kappa shape index (κ3) is 3.21. The summed E-state index contributed by atoms with van der Waals surface area (Å²) in [6, 6.07) is 1.35. The van der Waals surface area contributed by atoms with Gasteiger partial charge in [-0.3, -0.25) is 14.0 Å². The van der Waals surface area contributed by atoms with Crippen molar-refractivity contribution in [2.45, 2.75) is 39.7 Å². The highest BCUT2D eigenvalue weighted by atomic mass is 79.9. The Balaban J connectivity index is 2.54. The van der Waals surface area contributed by atoms with Gasteiger partial charge >= 0.3 is 0 Å². The topological polar surface area (TPSA) is 52.7 Å². The molecule has 0 aliphatic rings. The van der Waals surface area contributed by atoms with Crippen molar-refractivity contribution in [3.63, 3.8) is 0 Å². The first-order valence-corrected chi connectivity index (χ1v) is 7.99. The normalized spacial score (nSPS) is 11.4. The summed E-state index contributed by atoms with van der Waals surface area (Å²) in [7, 11) is 1.88. The van der Waals surface area contributed by atoms with Crippen molar-refractivity contribution in [3.05, 3.63) is 43.3 Å². The smallest absolute Gasteiger partial charge is 0.255 e. The highest BCUT2D eigenvalue weighted by Crippen LogP contribution is 2.23. The number of rotatable bonds is 4. The Morgan fingerprint density at radius 3 is 2.62 bits per heavy atom. The minimum absolute atomic E-state index is 0.106. The van der Waals surface area contributed by atoms with E-state index < -0.39 is 0 Å². The molecule has 0 radical (unpaired) electrons. The Morgan fingerprint density at radius 2 is 2.10 bits per heavy atom. The SMILES string of the molecule is CCc1nn(C)c(Cn2c(C(C)C)nc(Cl)cc2=O)c1Br. The molecule has 0 N–H and O–H groups in total. The van der Waals surface area contributed by atoms with Crippen LogP contribution in [0, 0.1) is 0 Å². The van der Waals surface area contributed by atoms with Gasteiger partial charge in [-0.2, -0.15) is 5.10 Å². The van der Waals surface area contributed by atoms with E-state index in [0.29, 0.717) is 12.4 Å². The van der Waals surface area contributed by atoms with Crippen LogP contribution in [0.3, 0.4) is 0 Å². The minimum atomic E-state index is -0.148. The summed E-state index contributed by atoms with van der Waals surface area (Å²) in [6.45, 7) is 6.45. The van der Waals surface area contributed by atoms with Crippen LogP contribution in [0.1, 0.15) is 43.9 Å². The fourth-order valence-corrected chi connectivity index (χ4v) is 3.16. The predicted octanol–water partition coefficient (Wildman–Crippen LogP) is 3.13. The van der Waals surface area contributed by atoms with Gasteiger partial charge in [0.1, 0.15) is 11.0 Å². The number of nitrogens with zero attached hydrogens (tertiary/aromatic N) is 4. The van der Waals surface area contributed by atoms with Crippen LogP contribution in [0.15, 0.2) is 15.3 Å². The molecule has 2 heterocycles. The van der Waals surface area contributed by atoms with Crippen molar-refractivity contribution in [2.24, 2.45) is 7.05 Å². The highest BCUT2D eigenvalue weighted by Gasteiger charge is 2.17. The Kier molecular flexibility index (Phi) is 4.88. The van der Waals surface area contributed by atoms with Crippen LogP contribution in [0.5, 0.6) is 0 Å². The second kappa shape index (κ2) is 6.32. The quantitative estimate of drug-likeness (QED) is 0.774. The van der Waals surface area contributed by atoms with Crippen LogP contribution in [0.2, 0.25) is 5.15 Å². The minimum Gasteiger partial charge on any atom is -0.290 e. The van der Waals surface area contributed by atoms with Gasteiger partial charge in [-0.15, -0.1) is 0 Å². The van der Waals surface area contributed by atoms with E-state index in [0.717, 1.165) is 22.3 Å². The summed E-state index contributed by atoms with van der Waals surface area (Å²) < 4.78 is 4.40. The largest absolute Gasteiger partial charge is 0.290 e. The van der Waals surface area contributed by atoms with Crippen LogP contribution in [0.25, 0.3) is 0 Å². The van der Waals surface area contributed by atoms with Gasteiger partial charge in [-0.25, -0.2) is 4.98 Å². The summed E-state index contributed by atoms with van der Waals surface area (Å²) in [5.74, 6) is 0.785. The lowest BCUT2D eigenvalue weighted by Crippen LogP contribution is -2.26. The number of aryl methyl sites for hydroxylation is 2. The van der Waals surface area contributed by atoms with Crippen LogP contribution in [-0.2, 0) is 20.0 Å². The van der Waals surface area contributed by atoms with E-state index in [1.54, 1.807) is 9.25 Å². The molecule has 0 aliphatic carbocycles. The lowest BCUT2D eigenvalue weighted by Gasteiger charge is -2.15. The van der Waals surface area contributed by atoms with Gasteiger partial charge in [-0.1, -0.05) is 32.4 Å². The number of aromatic nitrogens is 4. The van der Waals surface area contributed by atoms with Gasteiger partial charge in [0.25, 0.3) is 5.56 Å². The third-order valence-electron chi connectivity index (χ3n) is 3.33. The number of hydrogen-bond acceptors (Lipinski definition) is 3. The zero-order valence-electron chi connectivity index (χ0n) is 12.5. The first kappa shape index (κ1) is 16.2. The molecule has 0 saturated heterocycles. The van der Waals surface area contributed by atoms with E-state index in [2.05, 4.69) is 26.0 Å². The Hall–Kier alpha value is -1.14. The van der Waals surface area contributed by atoms with Crippen molar-refractivity contribution in [1.29, 1.82) is 0 Å². The highest BCUT2D eigenvalue weighted by molar-refractivity contribution is 9.10. The first-order valence-electron chi connectivity index (χ1n) is 6.82. The molecule has 0 spiro atoms. The van der Waals surface area contributed by atoms with Crippen LogP contribution in [-0.4, -0.2) is 19.3 Å². The molecule has 0 saturated carbocycles. The monoisotopic (exact) mass is 372 g/mol. The average Bonchev–Trinajstić information content (AvgIpc) is 2.68. The summed E-state index contributed by atoms with van der Waals surface area (Å²) >= 11 is 9.48. The van der Waals surface area contributed by atoms with Crippen LogP contribution >= 0.6 is 27.5 Å². The molecular weight excluding hydrogens is 356 g/mol. The molecule has 0 atom stereocenters. The van der Waals surface area contributed by atoms with Crippen molar-refractivity contribution in [2.75, 3.05) is 0 Å². The van der Waals surface area contributed by atoms with Gasteiger partial charge in [0.05, 0.1) is 22.4 Å². The Bertz CT molecular complexity index is 720. The van der Waals surface area contributed by atoms with E-state index in [-0.39, 0.29) is 16.6 Å². The molecule has 2 aromatic rings. The number of halogens is 2. The molecule has 7 heteroatoms. The Labute approximate surface area is 137 Å². The maximum Gasteiger partial charge on any atom is 0.255 e.